The second-order valence-electron chi connectivity index (χ2n) is 5.47. The molecule has 0 unspecified atom stereocenters. The summed E-state index contributed by atoms with van der Waals surface area (Å²) >= 11 is 0. The van der Waals surface area contributed by atoms with Gasteiger partial charge in [-0.05, 0) is 24.6 Å². The van der Waals surface area contributed by atoms with Crippen LogP contribution in [0.1, 0.15) is 5.56 Å². The molecule has 0 heterocycles. The van der Waals surface area contributed by atoms with Crippen molar-refractivity contribution in [1.29, 1.82) is 0 Å². The van der Waals surface area contributed by atoms with Gasteiger partial charge in [-0.25, -0.2) is 0 Å². The highest BCUT2D eigenvalue weighted by atomic mass is 14.7. The standard InChI is InChI=1S/C15H19N7/c1-4-11(18)9-10(15(22)12(4)19)14(21)6-3-8(17)7(16)2-5(6)13(9)20/h2-3H,16-22H2,1H3. The minimum atomic E-state index is 0.364. The number of hydrogen-bond acceptors (Lipinski definition) is 7. The highest BCUT2D eigenvalue weighted by Gasteiger charge is 2.19. The lowest BCUT2D eigenvalue weighted by Crippen LogP contribution is -2.07. The maximum absolute atomic E-state index is 6.30. The van der Waals surface area contributed by atoms with E-state index < -0.39 is 0 Å². The van der Waals surface area contributed by atoms with Crippen LogP contribution in [0.4, 0.5) is 39.8 Å². The molecule has 0 aliphatic heterocycles. The molecule has 0 amide bonds. The van der Waals surface area contributed by atoms with Crippen molar-refractivity contribution in [2.24, 2.45) is 0 Å². The highest BCUT2D eigenvalue weighted by Crippen LogP contribution is 2.47. The van der Waals surface area contributed by atoms with Crippen molar-refractivity contribution >= 4 is 61.4 Å². The molecule has 0 saturated heterocycles. The van der Waals surface area contributed by atoms with Gasteiger partial charge in [-0.15, -0.1) is 0 Å². The molecule has 0 bridgehead atoms. The zero-order valence-electron chi connectivity index (χ0n) is 12.2. The number of nitrogens with two attached hydrogens (primary N) is 7. The maximum Gasteiger partial charge on any atom is 0.0653 e. The largest absolute Gasteiger partial charge is 0.398 e. The van der Waals surface area contributed by atoms with E-state index in [0.717, 1.165) is 0 Å². The van der Waals surface area contributed by atoms with Gasteiger partial charge in [0, 0.05) is 38.6 Å². The molecule has 0 aliphatic carbocycles. The number of anilines is 7. The Bertz CT molecular complexity index is 882. The van der Waals surface area contributed by atoms with E-state index in [4.69, 9.17) is 40.1 Å². The van der Waals surface area contributed by atoms with E-state index >= 15 is 0 Å². The van der Waals surface area contributed by atoms with Crippen molar-refractivity contribution in [2.75, 3.05) is 40.1 Å². The highest BCUT2D eigenvalue weighted by molar-refractivity contribution is 6.27. The van der Waals surface area contributed by atoms with Gasteiger partial charge in [0.1, 0.15) is 0 Å². The van der Waals surface area contributed by atoms with E-state index in [1.54, 1.807) is 19.1 Å². The Morgan fingerprint density at radius 1 is 0.545 bits per heavy atom. The van der Waals surface area contributed by atoms with Crippen molar-refractivity contribution in [3.63, 3.8) is 0 Å². The van der Waals surface area contributed by atoms with Crippen LogP contribution in [0.15, 0.2) is 12.1 Å². The minimum Gasteiger partial charge on any atom is -0.398 e. The predicted octanol–water partition coefficient (Wildman–Crippen LogP) is 1.38. The third-order valence-corrected chi connectivity index (χ3v) is 4.23. The zero-order valence-corrected chi connectivity index (χ0v) is 12.2. The molecule has 0 spiro atoms. The summed E-state index contributed by atoms with van der Waals surface area (Å²) in [7, 11) is 0. The van der Waals surface area contributed by atoms with Crippen LogP contribution >= 0.6 is 0 Å². The molecular weight excluding hydrogens is 278 g/mol. The zero-order chi connectivity index (χ0) is 16.3. The molecule has 3 aromatic rings. The van der Waals surface area contributed by atoms with E-state index in [9.17, 15) is 0 Å². The molecule has 22 heavy (non-hydrogen) atoms. The van der Waals surface area contributed by atoms with Gasteiger partial charge in [0.05, 0.1) is 22.7 Å². The predicted molar refractivity (Wildman–Crippen MR) is 97.1 cm³/mol. The van der Waals surface area contributed by atoms with Crippen LogP contribution in [0.25, 0.3) is 21.5 Å². The van der Waals surface area contributed by atoms with Crippen LogP contribution in [0.2, 0.25) is 0 Å². The average molecular weight is 297 g/mol. The monoisotopic (exact) mass is 297 g/mol. The Labute approximate surface area is 127 Å². The lowest BCUT2D eigenvalue weighted by Gasteiger charge is -2.19. The number of nitrogen functional groups attached to an aromatic ring is 7. The van der Waals surface area contributed by atoms with Crippen molar-refractivity contribution in [3.8, 4) is 0 Å². The summed E-state index contributed by atoms with van der Waals surface area (Å²) in [5.41, 5.74) is 46.3. The lowest BCUT2D eigenvalue weighted by molar-refractivity contribution is 1.50. The lowest BCUT2D eigenvalue weighted by atomic mass is 9.93. The second kappa shape index (κ2) is 4.14. The third kappa shape index (κ3) is 1.50. The molecule has 0 saturated carbocycles. The first-order valence-electron chi connectivity index (χ1n) is 6.68. The van der Waals surface area contributed by atoms with E-state index in [-0.39, 0.29) is 0 Å². The molecule has 7 heteroatoms. The second-order valence-corrected chi connectivity index (χ2v) is 5.47. The van der Waals surface area contributed by atoms with Crippen LogP contribution in [0.5, 0.6) is 0 Å². The number of hydrogen-bond donors (Lipinski definition) is 7. The van der Waals surface area contributed by atoms with Crippen molar-refractivity contribution in [3.05, 3.63) is 17.7 Å². The van der Waals surface area contributed by atoms with E-state index in [0.29, 0.717) is 66.9 Å². The number of fused-ring (bicyclic) bond motifs is 2. The normalized spacial score (nSPS) is 11.3. The van der Waals surface area contributed by atoms with Crippen molar-refractivity contribution < 1.29 is 0 Å². The summed E-state index contributed by atoms with van der Waals surface area (Å²) in [6, 6.07) is 3.37. The molecule has 14 N–H and O–H groups in total. The topological polar surface area (TPSA) is 182 Å². The van der Waals surface area contributed by atoms with Crippen LogP contribution in [0, 0.1) is 6.92 Å². The molecule has 3 aromatic carbocycles. The fraction of sp³-hybridized carbons (Fsp3) is 0.0667. The average Bonchev–Trinajstić information content (AvgIpc) is 2.48. The molecule has 7 nitrogen and oxygen atoms in total. The Morgan fingerprint density at radius 3 is 1.41 bits per heavy atom. The van der Waals surface area contributed by atoms with E-state index in [2.05, 4.69) is 0 Å². The van der Waals surface area contributed by atoms with Crippen LogP contribution in [0.3, 0.4) is 0 Å². The van der Waals surface area contributed by atoms with Crippen LogP contribution in [-0.2, 0) is 0 Å². The summed E-state index contributed by atoms with van der Waals surface area (Å²) in [4.78, 5) is 0. The SMILES string of the molecule is Cc1c(N)c(N)c2c(N)c3cc(N)c(N)cc3c(N)c2c1N. The minimum absolute atomic E-state index is 0.364. The van der Waals surface area contributed by atoms with Gasteiger partial charge in [-0.2, -0.15) is 0 Å². The van der Waals surface area contributed by atoms with Crippen molar-refractivity contribution in [1.82, 2.24) is 0 Å². The Hall–Kier alpha value is -3.22. The molecule has 0 atom stereocenters. The smallest absolute Gasteiger partial charge is 0.0653 e. The first-order chi connectivity index (χ1) is 10.3. The maximum atomic E-state index is 6.30. The molecule has 0 aromatic heterocycles. The van der Waals surface area contributed by atoms with Gasteiger partial charge in [-0.3, -0.25) is 0 Å². The van der Waals surface area contributed by atoms with E-state index in [1.807, 2.05) is 0 Å². The molecule has 0 aliphatic rings. The summed E-state index contributed by atoms with van der Waals surface area (Å²) in [5.74, 6) is 0. The fourth-order valence-electron chi connectivity index (χ4n) is 2.85. The fourth-order valence-corrected chi connectivity index (χ4v) is 2.85. The summed E-state index contributed by atoms with van der Waals surface area (Å²) in [5, 5.41) is 2.51. The Kier molecular flexibility index (Phi) is 2.59. The van der Waals surface area contributed by atoms with Crippen LogP contribution in [-0.4, -0.2) is 0 Å². The van der Waals surface area contributed by atoms with Gasteiger partial charge >= 0.3 is 0 Å². The van der Waals surface area contributed by atoms with Gasteiger partial charge < -0.3 is 40.1 Å². The van der Waals surface area contributed by atoms with Crippen LogP contribution < -0.4 is 40.1 Å². The van der Waals surface area contributed by atoms with Gasteiger partial charge in [0.15, 0.2) is 0 Å². The number of benzene rings is 3. The van der Waals surface area contributed by atoms with Gasteiger partial charge in [0.25, 0.3) is 0 Å². The molecule has 0 radical (unpaired) electrons. The first kappa shape index (κ1) is 13.7. The Balaban J connectivity index is 2.72. The molecule has 0 fully saturated rings. The summed E-state index contributed by atoms with van der Waals surface area (Å²) in [6.07, 6.45) is 0. The van der Waals surface area contributed by atoms with Crippen molar-refractivity contribution in [2.45, 2.75) is 6.92 Å². The number of rotatable bonds is 0. The van der Waals surface area contributed by atoms with Gasteiger partial charge in [0.2, 0.25) is 0 Å². The molecule has 114 valence electrons. The third-order valence-electron chi connectivity index (χ3n) is 4.23. The first-order valence-corrected chi connectivity index (χ1v) is 6.68. The quantitative estimate of drug-likeness (QED) is 0.186. The summed E-state index contributed by atoms with van der Waals surface area (Å²) < 4.78 is 0. The van der Waals surface area contributed by atoms with Gasteiger partial charge in [-0.1, -0.05) is 0 Å². The molecular formula is C15H19N7. The Morgan fingerprint density at radius 2 is 0.955 bits per heavy atom. The van der Waals surface area contributed by atoms with E-state index in [1.165, 1.54) is 0 Å². The molecule has 3 rings (SSSR count). The summed E-state index contributed by atoms with van der Waals surface area (Å²) in [6.45, 7) is 1.79.